The van der Waals surface area contributed by atoms with Crippen molar-refractivity contribution >= 4 is 11.7 Å². The third-order valence-electron chi connectivity index (χ3n) is 5.72. The first-order valence-corrected chi connectivity index (χ1v) is 9.62. The highest BCUT2D eigenvalue weighted by atomic mass is 16.1. The van der Waals surface area contributed by atoms with Gasteiger partial charge in [-0.15, -0.1) is 0 Å². The van der Waals surface area contributed by atoms with Crippen molar-refractivity contribution in [3.8, 4) is 0 Å². The molecular weight excluding hydrogens is 340 g/mol. The molecule has 0 radical (unpaired) electrons. The van der Waals surface area contributed by atoms with E-state index in [0.29, 0.717) is 12.1 Å². The summed E-state index contributed by atoms with van der Waals surface area (Å²) in [6, 6.07) is 4.97. The Morgan fingerprint density at radius 3 is 2.96 bits per heavy atom. The highest BCUT2D eigenvalue weighted by molar-refractivity contribution is 5.89. The van der Waals surface area contributed by atoms with E-state index in [1.807, 2.05) is 26.1 Å². The van der Waals surface area contributed by atoms with Crippen LogP contribution in [0.25, 0.3) is 0 Å². The number of nitrogens with two attached hydrogens (primary N) is 1. The number of hydrogen-bond donors (Lipinski definition) is 2. The number of nitrogens with zero attached hydrogens (tertiary/aromatic N) is 4. The molecule has 7 nitrogen and oxygen atoms in total. The number of carbonyl (C=O) groups excluding carboxylic acids is 1. The molecule has 2 aromatic rings. The molecule has 2 atom stereocenters. The molecule has 142 valence electrons. The van der Waals surface area contributed by atoms with Gasteiger partial charge in [-0.05, 0) is 51.2 Å². The minimum Gasteiger partial charge on any atom is -0.363 e. The van der Waals surface area contributed by atoms with E-state index in [9.17, 15) is 4.79 Å². The Balaban J connectivity index is 1.50. The van der Waals surface area contributed by atoms with Gasteiger partial charge in [-0.2, -0.15) is 0 Å². The first-order chi connectivity index (χ1) is 13.0. The zero-order chi connectivity index (χ0) is 19.0. The second-order valence-electron chi connectivity index (χ2n) is 7.53. The summed E-state index contributed by atoms with van der Waals surface area (Å²) in [5.74, 6) is 0.336. The molecule has 3 heterocycles. The number of amides is 1. The van der Waals surface area contributed by atoms with Crippen LogP contribution in [0.5, 0.6) is 0 Å². The number of anilines is 1. The molecule has 0 spiro atoms. The quantitative estimate of drug-likeness (QED) is 0.857. The number of aromatic nitrogens is 3. The maximum atomic E-state index is 11.5. The topological polar surface area (TPSA) is 97.0 Å². The third-order valence-corrected chi connectivity index (χ3v) is 5.72. The summed E-state index contributed by atoms with van der Waals surface area (Å²) in [5.41, 5.74) is 9.77. The largest absolute Gasteiger partial charge is 0.363 e. The first kappa shape index (κ1) is 17.9. The Morgan fingerprint density at radius 1 is 1.30 bits per heavy atom. The van der Waals surface area contributed by atoms with Crippen LogP contribution in [0.2, 0.25) is 0 Å². The van der Waals surface area contributed by atoms with Gasteiger partial charge in [0.25, 0.3) is 5.91 Å². The summed E-state index contributed by atoms with van der Waals surface area (Å²) in [7, 11) is 0. The lowest BCUT2D eigenvalue weighted by molar-refractivity contribution is 0.0990. The second kappa shape index (κ2) is 7.23. The molecule has 1 fully saturated rings. The maximum Gasteiger partial charge on any atom is 0.286 e. The van der Waals surface area contributed by atoms with Crippen LogP contribution in [0.4, 0.5) is 5.82 Å². The van der Waals surface area contributed by atoms with E-state index in [1.54, 1.807) is 0 Å². The van der Waals surface area contributed by atoms with E-state index in [-0.39, 0.29) is 5.82 Å². The molecule has 1 unspecified atom stereocenters. The van der Waals surface area contributed by atoms with Crippen molar-refractivity contribution in [3.05, 3.63) is 46.7 Å². The van der Waals surface area contributed by atoms with E-state index >= 15 is 0 Å². The number of aryl methyl sites for hydroxylation is 2. The van der Waals surface area contributed by atoms with E-state index in [0.717, 1.165) is 49.4 Å². The van der Waals surface area contributed by atoms with Gasteiger partial charge < -0.3 is 16.0 Å². The van der Waals surface area contributed by atoms with Gasteiger partial charge in [0.05, 0.1) is 0 Å². The number of carbonyl (C=O) groups is 1. The fourth-order valence-corrected chi connectivity index (χ4v) is 4.18. The lowest BCUT2D eigenvalue weighted by Gasteiger charge is -2.28. The molecule has 1 aliphatic heterocycles. The number of hydrogen-bond acceptors (Lipinski definition) is 6. The van der Waals surface area contributed by atoms with Gasteiger partial charge in [0.1, 0.15) is 5.82 Å². The van der Waals surface area contributed by atoms with Gasteiger partial charge in [-0.3, -0.25) is 9.78 Å². The van der Waals surface area contributed by atoms with Crippen LogP contribution in [0.15, 0.2) is 18.3 Å². The van der Waals surface area contributed by atoms with Crippen LogP contribution < -0.4 is 16.0 Å². The Morgan fingerprint density at radius 2 is 2.15 bits per heavy atom. The average Bonchev–Trinajstić information content (AvgIpc) is 3.12. The van der Waals surface area contributed by atoms with Gasteiger partial charge in [-0.1, -0.05) is 6.07 Å². The Kier molecular flexibility index (Phi) is 4.78. The van der Waals surface area contributed by atoms with Crippen molar-refractivity contribution < 1.29 is 4.79 Å². The number of primary amides is 1. The average molecular weight is 366 g/mol. The minimum absolute atomic E-state index is 0.0943. The van der Waals surface area contributed by atoms with Crippen molar-refractivity contribution in [2.45, 2.75) is 51.6 Å². The molecule has 1 amide bonds. The summed E-state index contributed by atoms with van der Waals surface area (Å²) < 4.78 is 0. The van der Waals surface area contributed by atoms with Crippen LogP contribution in [-0.4, -0.2) is 40.0 Å². The molecule has 2 aromatic heterocycles. The molecule has 1 aliphatic carbocycles. The number of nitrogens with one attached hydrogen (secondary N) is 1. The van der Waals surface area contributed by atoms with Crippen LogP contribution in [0, 0.1) is 13.8 Å². The summed E-state index contributed by atoms with van der Waals surface area (Å²) in [6.07, 6.45) is 6.31. The second-order valence-corrected chi connectivity index (χ2v) is 7.53. The van der Waals surface area contributed by atoms with Crippen LogP contribution in [-0.2, 0) is 6.42 Å². The van der Waals surface area contributed by atoms with Gasteiger partial charge >= 0.3 is 0 Å². The van der Waals surface area contributed by atoms with Crippen molar-refractivity contribution in [1.82, 2.24) is 20.3 Å². The number of fused-ring (bicyclic) bond motifs is 1. The molecule has 0 bridgehead atoms. The van der Waals surface area contributed by atoms with Crippen molar-refractivity contribution in [2.75, 3.05) is 18.0 Å². The summed E-state index contributed by atoms with van der Waals surface area (Å²) in [6.45, 7) is 5.66. The van der Waals surface area contributed by atoms with Crippen molar-refractivity contribution in [1.29, 1.82) is 0 Å². The van der Waals surface area contributed by atoms with E-state index in [4.69, 9.17) is 5.73 Å². The normalized spacial score (nSPS) is 21.9. The SMILES string of the molecule is Cc1nc(C(N)=O)nc(N2CC[C@@H](NC3CCCc4ncccc43)C2)c1C. The van der Waals surface area contributed by atoms with Crippen LogP contribution in [0.1, 0.15) is 58.4 Å². The fourth-order valence-electron chi connectivity index (χ4n) is 4.18. The predicted octanol–water partition coefficient (Wildman–Crippen LogP) is 1.83. The molecule has 3 N–H and O–H groups in total. The smallest absolute Gasteiger partial charge is 0.286 e. The molecule has 4 rings (SSSR count). The standard InChI is InChI=1S/C20H26N6O/c1-12-13(2)23-19(18(21)27)25-20(12)26-10-8-14(11-26)24-17-7-3-6-16-15(17)5-4-9-22-16/h4-5,9,14,17,24H,3,6-8,10-11H2,1-2H3,(H2,21,27)/t14-,17?/m1/s1. The molecule has 1 saturated heterocycles. The zero-order valence-corrected chi connectivity index (χ0v) is 15.9. The van der Waals surface area contributed by atoms with Crippen LogP contribution in [0.3, 0.4) is 0 Å². The number of rotatable bonds is 4. The molecular formula is C20H26N6O. The summed E-state index contributed by atoms with van der Waals surface area (Å²) >= 11 is 0. The van der Waals surface area contributed by atoms with E-state index in [1.165, 1.54) is 17.7 Å². The Bertz CT molecular complexity index is 868. The highest BCUT2D eigenvalue weighted by Gasteiger charge is 2.29. The summed E-state index contributed by atoms with van der Waals surface area (Å²) in [5, 5.41) is 3.83. The van der Waals surface area contributed by atoms with Gasteiger partial charge in [0.15, 0.2) is 0 Å². The maximum absolute atomic E-state index is 11.5. The Labute approximate surface area is 159 Å². The van der Waals surface area contributed by atoms with Crippen molar-refractivity contribution in [3.63, 3.8) is 0 Å². The molecule has 2 aliphatic rings. The molecule has 27 heavy (non-hydrogen) atoms. The minimum atomic E-state index is -0.584. The monoisotopic (exact) mass is 366 g/mol. The van der Waals surface area contributed by atoms with Gasteiger partial charge in [-0.25, -0.2) is 9.97 Å². The van der Waals surface area contributed by atoms with E-state index < -0.39 is 5.91 Å². The van der Waals surface area contributed by atoms with Crippen molar-refractivity contribution in [2.24, 2.45) is 5.73 Å². The first-order valence-electron chi connectivity index (χ1n) is 9.62. The van der Waals surface area contributed by atoms with Gasteiger partial charge in [0.2, 0.25) is 5.82 Å². The number of pyridine rings is 1. The van der Waals surface area contributed by atoms with Crippen LogP contribution >= 0.6 is 0 Å². The third kappa shape index (κ3) is 3.51. The fraction of sp³-hybridized carbons (Fsp3) is 0.500. The molecule has 7 heteroatoms. The summed E-state index contributed by atoms with van der Waals surface area (Å²) in [4.78, 5) is 27.0. The highest BCUT2D eigenvalue weighted by Crippen LogP contribution is 2.30. The van der Waals surface area contributed by atoms with E-state index in [2.05, 4.69) is 31.2 Å². The zero-order valence-electron chi connectivity index (χ0n) is 15.9. The predicted molar refractivity (Wildman–Crippen MR) is 104 cm³/mol. The lowest BCUT2D eigenvalue weighted by Crippen LogP contribution is -2.37. The molecule has 0 aromatic carbocycles. The Hall–Kier alpha value is -2.54. The lowest BCUT2D eigenvalue weighted by atomic mass is 9.91. The van der Waals surface area contributed by atoms with Gasteiger partial charge in [0, 0.05) is 48.3 Å². The molecule has 0 saturated carbocycles.